The van der Waals surface area contributed by atoms with Crippen molar-refractivity contribution in [2.75, 3.05) is 31.5 Å². The number of anilines is 1. The van der Waals surface area contributed by atoms with Crippen molar-refractivity contribution in [2.24, 2.45) is 5.73 Å². The highest BCUT2D eigenvalue weighted by Gasteiger charge is 2.36. The van der Waals surface area contributed by atoms with Crippen molar-refractivity contribution in [3.63, 3.8) is 0 Å². The number of aromatic nitrogens is 2. The lowest BCUT2D eigenvalue weighted by atomic mass is 10.1. The number of hydrogen-bond donors (Lipinski definition) is 2. The van der Waals surface area contributed by atoms with Gasteiger partial charge in [0.15, 0.2) is 0 Å². The van der Waals surface area contributed by atoms with Gasteiger partial charge in [-0.1, -0.05) is 49.4 Å². The molecule has 5 rings (SSSR count). The highest BCUT2D eigenvalue weighted by atomic mass is 19.4. The highest BCUT2D eigenvalue weighted by molar-refractivity contribution is 5.81. The zero-order valence-corrected chi connectivity index (χ0v) is 23.2. The van der Waals surface area contributed by atoms with Crippen molar-refractivity contribution in [3.05, 3.63) is 93.2 Å². The zero-order valence-electron chi connectivity index (χ0n) is 23.2. The first-order valence-corrected chi connectivity index (χ1v) is 13.9. The second-order valence-corrected chi connectivity index (χ2v) is 10.9. The van der Waals surface area contributed by atoms with E-state index in [1.807, 2.05) is 25.1 Å². The molecule has 0 radical (unpaired) electrons. The topological polar surface area (TPSA) is 114 Å². The molecule has 2 unspecified atom stereocenters. The molecule has 0 spiro atoms. The Morgan fingerprint density at radius 3 is 2.38 bits per heavy atom. The van der Waals surface area contributed by atoms with E-state index in [1.165, 1.54) is 22.3 Å². The molecule has 3 heterocycles. The lowest BCUT2D eigenvalue weighted by Gasteiger charge is -2.35. The van der Waals surface area contributed by atoms with Crippen LogP contribution < -0.4 is 16.6 Å². The number of primary amides is 1. The molecule has 222 valence electrons. The summed E-state index contributed by atoms with van der Waals surface area (Å²) in [5.41, 5.74) is 5.86. The van der Waals surface area contributed by atoms with Gasteiger partial charge in [0, 0.05) is 45.2 Å². The summed E-state index contributed by atoms with van der Waals surface area (Å²) in [6, 6.07) is 14.0. The van der Waals surface area contributed by atoms with Gasteiger partial charge in [0.1, 0.15) is 17.6 Å². The minimum absolute atomic E-state index is 0.0208. The van der Waals surface area contributed by atoms with Gasteiger partial charge in [0.25, 0.3) is 5.56 Å². The Bertz CT molecular complexity index is 1520. The van der Waals surface area contributed by atoms with E-state index in [0.29, 0.717) is 44.0 Å². The first kappa shape index (κ1) is 29.3. The number of nitrogens with zero attached hydrogens (tertiary/aromatic N) is 4. The van der Waals surface area contributed by atoms with Gasteiger partial charge in [-0.2, -0.15) is 13.2 Å². The van der Waals surface area contributed by atoms with E-state index in [1.54, 1.807) is 4.90 Å². The van der Waals surface area contributed by atoms with Crippen molar-refractivity contribution in [1.82, 2.24) is 19.4 Å². The molecule has 2 atom stereocenters. The maximum atomic E-state index is 13.7. The highest BCUT2D eigenvalue weighted by Crippen LogP contribution is 2.34. The number of carbonyl (C=O) groups is 2. The second kappa shape index (κ2) is 12.0. The van der Waals surface area contributed by atoms with Crippen molar-refractivity contribution in [1.29, 1.82) is 0 Å². The SMILES string of the molecule is CC1CC(C(N)=O)n2c1nc(CC(=O)N1CCN(Cc3ccccc3)CC1)c(NCc1cccc(C(F)(F)F)c1)c2=O. The Hall–Kier alpha value is -4.19. The molecular weight excluding hydrogens is 549 g/mol. The van der Waals surface area contributed by atoms with Crippen molar-refractivity contribution >= 4 is 17.5 Å². The summed E-state index contributed by atoms with van der Waals surface area (Å²) < 4.78 is 41.0. The minimum atomic E-state index is -4.52. The van der Waals surface area contributed by atoms with Crippen LogP contribution in [0.2, 0.25) is 0 Å². The third kappa shape index (κ3) is 6.33. The largest absolute Gasteiger partial charge is 0.416 e. The van der Waals surface area contributed by atoms with Crippen LogP contribution in [0.3, 0.4) is 0 Å². The first-order chi connectivity index (χ1) is 20.0. The molecular formula is C30H33F3N6O3. The maximum Gasteiger partial charge on any atom is 0.416 e. The van der Waals surface area contributed by atoms with Gasteiger partial charge < -0.3 is 16.0 Å². The predicted molar refractivity (Wildman–Crippen MR) is 151 cm³/mol. The van der Waals surface area contributed by atoms with Crippen LogP contribution in [0.4, 0.5) is 18.9 Å². The zero-order chi connectivity index (χ0) is 30.0. The minimum Gasteiger partial charge on any atom is -0.375 e. The number of hydrogen-bond acceptors (Lipinski definition) is 6. The number of alkyl halides is 3. The first-order valence-electron chi connectivity index (χ1n) is 13.9. The molecule has 42 heavy (non-hydrogen) atoms. The third-order valence-corrected chi connectivity index (χ3v) is 7.89. The lowest BCUT2D eigenvalue weighted by Crippen LogP contribution is -2.48. The summed E-state index contributed by atoms with van der Waals surface area (Å²) in [4.78, 5) is 47.9. The van der Waals surface area contributed by atoms with E-state index >= 15 is 0 Å². The van der Waals surface area contributed by atoms with Gasteiger partial charge in [0.05, 0.1) is 17.7 Å². The Morgan fingerprint density at radius 1 is 1.02 bits per heavy atom. The number of rotatable bonds is 8. The molecule has 1 aromatic heterocycles. The average molecular weight is 583 g/mol. The van der Waals surface area contributed by atoms with Crippen LogP contribution >= 0.6 is 0 Å². The Morgan fingerprint density at radius 2 is 1.71 bits per heavy atom. The molecule has 2 aromatic carbocycles. The number of nitrogens with one attached hydrogen (secondary N) is 1. The maximum absolute atomic E-state index is 13.7. The number of benzene rings is 2. The molecule has 3 aromatic rings. The smallest absolute Gasteiger partial charge is 0.375 e. The summed E-state index contributed by atoms with van der Waals surface area (Å²) in [6.45, 7) is 4.92. The molecule has 9 nitrogen and oxygen atoms in total. The Labute approximate surface area is 241 Å². The fourth-order valence-corrected chi connectivity index (χ4v) is 5.64. The van der Waals surface area contributed by atoms with Crippen LogP contribution in [0.1, 0.15) is 53.5 Å². The summed E-state index contributed by atoms with van der Waals surface area (Å²) in [7, 11) is 0. The molecule has 2 amide bonds. The number of nitrogens with two attached hydrogens (primary N) is 1. The molecule has 2 aliphatic heterocycles. The van der Waals surface area contributed by atoms with Gasteiger partial charge >= 0.3 is 6.18 Å². The van der Waals surface area contributed by atoms with Crippen LogP contribution in [0.25, 0.3) is 0 Å². The normalized spacial score (nSPS) is 19.0. The van der Waals surface area contributed by atoms with Crippen LogP contribution in [0.5, 0.6) is 0 Å². The van der Waals surface area contributed by atoms with E-state index in [0.717, 1.165) is 18.7 Å². The van der Waals surface area contributed by atoms with Crippen LogP contribution in [-0.2, 0) is 35.3 Å². The van der Waals surface area contributed by atoms with Gasteiger partial charge in [-0.3, -0.25) is 23.9 Å². The molecule has 12 heteroatoms. The number of piperazine rings is 1. The molecule has 3 N–H and O–H groups in total. The number of fused-ring (bicyclic) bond motifs is 1. The van der Waals surface area contributed by atoms with E-state index in [4.69, 9.17) is 5.73 Å². The number of amides is 2. The van der Waals surface area contributed by atoms with Crippen molar-refractivity contribution in [3.8, 4) is 0 Å². The lowest BCUT2D eigenvalue weighted by molar-refractivity contribution is -0.137. The standard InChI is InChI=1S/C30H33F3N6O3/c1-19-14-24(27(34)41)39-28(19)36-23(26(29(39)42)35-17-21-8-5-9-22(15-21)30(31,32)33)16-25(40)38-12-10-37(11-13-38)18-20-6-3-2-4-7-20/h2-9,15,19,24,35H,10-14,16-18H2,1H3,(H2,34,41). The van der Waals surface area contributed by atoms with E-state index in [-0.39, 0.29) is 36.2 Å². The van der Waals surface area contributed by atoms with Crippen LogP contribution in [-0.4, -0.2) is 57.3 Å². The Balaban J connectivity index is 1.37. The molecule has 0 saturated carbocycles. The molecule has 1 fully saturated rings. The summed E-state index contributed by atoms with van der Waals surface area (Å²) in [6.07, 6.45) is -4.38. The number of carbonyl (C=O) groups excluding carboxylic acids is 2. The van der Waals surface area contributed by atoms with Crippen LogP contribution in [0.15, 0.2) is 59.4 Å². The van der Waals surface area contributed by atoms with Crippen LogP contribution in [0, 0.1) is 0 Å². The summed E-state index contributed by atoms with van der Waals surface area (Å²) >= 11 is 0. The van der Waals surface area contributed by atoms with Gasteiger partial charge in [0.2, 0.25) is 11.8 Å². The average Bonchev–Trinajstić information content (AvgIpc) is 3.30. The van der Waals surface area contributed by atoms with E-state index in [2.05, 4.69) is 27.3 Å². The molecule has 2 aliphatic rings. The second-order valence-electron chi connectivity index (χ2n) is 10.9. The van der Waals surface area contributed by atoms with Gasteiger partial charge in [-0.05, 0) is 29.7 Å². The van der Waals surface area contributed by atoms with Crippen molar-refractivity contribution < 1.29 is 22.8 Å². The summed E-state index contributed by atoms with van der Waals surface area (Å²) in [5.74, 6) is -0.761. The molecule has 0 aliphatic carbocycles. The third-order valence-electron chi connectivity index (χ3n) is 7.89. The van der Waals surface area contributed by atoms with E-state index in [9.17, 15) is 27.6 Å². The monoisotopic (exact) mass is 582 g/mol. The van der Waals surface area contributed by atoms with Crippen molar-refractivity contribution in [2.45, 2.75) is 51.0 Å². The van der Waals surface area contributed by atoms with Gasteiger partial charge in [-0.15, -0.1) is 0 Å². The Kier molecular flexibility index (Phi) is 8.35. The van der Waals surface area contributed by atoms with E-state index < -0.39 is 29.2 Å². The quantitative estimate of drug-likeness (QED) is 0.422. The summed E-state index contributed by atoms with van der Waals surface area (Å²) in [5, 5.41) is 2.93. The number of halogens is 3. The predicted octanol–water partition coefficient (Wildman–Crippen LogP) is 3.29. The molecule has 0 bridgehead atoms. The van der Waals surface area contributed by atoms with Gasteiger partial charge in [-0.25, -0.2) is 4.98 Å². The fourth-order valence-electron chi connectivity index (χ4n) is 5.64. The molecule has 1 saturated heterocycles. The fraction of sp³-hybridized carbons (Fsp3) is 0.400.